The minimum atomic E-state index is -1.04. The standard InChI is InChI=1S/C30H40FN5O3/c1-21(2)35-10-4-5-24(18-35)30(3)8-6-22(16-28(30)31)23-15-27-26(7-9-32-36(27)17-23)33-11-13-34(14-12-33)29(37)39-25-19-38-20-25/h6-9,15-17,21,24-25,28H,4-5,10-14,18-20H2,1-3H3/t24-,28?,30?/m1/s1. The quantitative estimate of drug-likeness (QED) is 0.563. The van der Waals surface area contributed by atoms with Crippen LogP contribution in [-0.4, -0.2) is 96.3 Å². The van der Waals surface area contributed by atoms with Gasteiger partial charge in [-0.3, -0.25) is 0 Å². The molecule has 0 saturated carbocycles. The first-order valence-corrected chi connectivity index (χ1v) is 14.4. The molecule has 210 valence electrons. The summed E-state index contributed by atoms with van der Waals surface area (Å²) in [4.78, 5) is 19.0. The third kappa shape index (κ3) is 5.07. The Morgan fingerprint density at radius 1 is 1.21 bits per heavy atom. The number of carbonyl (C=O) groups is 1. The number of aromatic nitrogens is 2. The third-order valence-corrected chi connectivity index (χ3v) is 9.18. The van der Waals surface area contributed by atoms with E-state index in [1.807, 2.05) is 16.8 Å². The van der Waals surface area contributed by atoms with Gasteiger partial charge in [0.15, 0.2) is 6.10 Å². The van der Waals surface area contributed by atoms with Crippen LogP contribution in [0.4, 0.5) is 14.9 Å². The summed E-state index contributed by atoms with van der Waals surface area (Å²) in [7, 11) is 0. The van der Waals surface area contributed by atoms with E-state index in [1.165, 1.54) is 0 Å². The van der Waals surface area contributed by atoms with Gasteiger partial charge in [0.1, 0.15) is 6.17 Å². The zero-order valence-electron chi connectivity index (χ0n) is 23.3. The van der Waals surface area contributed by atoms with Gasteiger partial charge in [0.25, 0.3) is 0 Å². The van der Waals surface area contributed by atoms with Gasteiger partial charge in [0.2, 0.25) is 0 Å². The SMILES string of the molecule is CC(C)N1CCC[C@@H](C2(C)C=CC(c3cc4c(N5CCN(C(=O)OC6COC6)CC5)ccnn4c3)=CC2F)C1. The molecule has 0 spiro atoms. The molecule has 1 aliphatic carbocycles. The number of hydrogen-bond donors (Lipinski definition) is 0. The van der Waals surface area contributed by atoms with Crippen molar-refractivity contribution < 1.29 is 18.7 Å². The number of rotatable bonds is 5. The molecule has 3 aliphatic heterocycles. The number of likely N-dealkylation sites (tertiary alicyclic amines) is 1. The van der Waals surface area contributed by atoms with Crippen molar-refractivity contribution in [3.05, 3.63) is 48.3 Å². The average molecular weight is 538 g/mol. The van der Waals surface area contributed by atoms with Crippen LogP contribution in [0, 0.1) is 11.3 Å². The van der Waals surface area contributed by atoms with Gasteiger partial charge in [0.05, 0.1) is 24.4 Å². The van der Waals surface area contributed by atoms with Crippen molar-refractivity contribution in [1.82, 2.24) is 19.4 Å². The van der Waals surface area contributed by atoms with E-state index in [0.717, 1.165) is 48.3 Å². The highest BCUT2D eigenvalue weighted by Gasteiger charge is 2.42. The summed E-state index contributed by atoms with van der Waals surface area (Å²) in [6, 6.07) is 4.61. The highest BCUT2D eigenvalue weighted by atomic mass is 19.1. The van der Waals surface area contributed by atoms with Crippen molar-refractivity contribution >= 4 is 22.9 Å². The first-order chi connectivity index (χ1) is 18.8. The number of fused-ring (bicyclic) bond motifs is 1. The molecule has 0 radical (unpaired) electrons. The molecule has 8 nitrogen and oxygen atoms in total. The van der Waals surface area contributed by atoms with Crippen LogP contribution in [0.25, 0.3) is 11.1 Å². The molecular weight excluding hydrogens is 497 g/mol. The molecular formula is C30H40FN5O3. The molecule has 3 fully saturated rings. The minimum Gasteiger partial charge on any atom is -0.441 e. The minimum absolute atomic E-state index is 0.114. The summed E-state index contributed by atoms with van der Waals surface area (Å²) in [6.07, 6.45) is 10.6. The van der Waals surface area contributed by atoms with Gasteiger partial charge in [0, 0.05) is 62.1 Å². The van der Waals surface area contributed by atoms with Crippen molar-refractivity contribution in [1.29, 1.82) is 0 Å². The predicted octanol–water partition coefficient (Wildman–Crippen LogP) is 4.41. The lowest BCUT2D eigenvalue weighted by molar-refractivity contribution is -0.104. The molecule has 39 heavy (non-hydrogen) atoms. The fraction of sp³-hybridized carbons (Fsp3) is 0.600. The Bertz CT molecular complexity index is 1260. The first kappa shape index (κ1) is 26.3. The van der Waals surface area contributed by atoms with E-state index in [4.69, 9.17) is 9.47 Å². The number of halogens is 1. The number of ether oxygens (including phenoxy) is 2. The van der Waals surface area contributed by atoms with E-state index in [0.29, 0.717) is 51.4 Å². The van der Waals surface area contributed by atoms with E-state index in [2.05, 4.69) is 53.9 Å². The van der Waals surface area contributed by atoms with Crippen LogP contribution in [0.2, 0.25) is 0 Å². The summed E-state index contributed by atoms with van der Waals surface area (Å²) in [5, 5.41) is 4.53. The molecule has 9 heteroatoms. The van der Waals surface area contributed by atoms with Crippen molar-refractivity contribution in [2.75, 3.05) is 57.4 Å². The second-order valence-electron chi connectivity index (χ2n) is 11.9. The second kappa shape index (κ2) is 10.6. The van der Waals surface area contributed by atoms with Gasteiger partial charge >= 0.3 is 6.09 Å². The lowest BCUT2D eigenvalue weighted by Crippen LogP contribution is -2.51. The van der Waals surface area contributed by atoms with Crippen LogP contribution < -0.4 is 4.90 Å². The molecule has 3 saturated heterocycles. The number of nitrogens with zero attached hydrogens (tertiary/aromatic N) is 5. The van der Waals surface area contributed by atoms with Crippen LogP contribution in [-0.2, 0) is 9.47 Å². The first-order valence-electron chi connectivity index (χ1n) is 14.4. The van der Waals surface area contributed by atoms with Crippen molar-refractivity contribution in [2.45, 2.75) is 51.9 Å². The number of allylic oxidation sites excluding steroid dienone is 4. The summed E-state index contributed by atoms with van der Waals surface area (Å²) < 4.78 is 28.3. The molecule has 0 N–H and O–H groups in total. The highest BCUT2D eigenvalue weighted by Crippen LogP contribution is 2.45. The zero-order chi connectivity index (χ0) is 27.1. The van der Waals surface area contributed by atoms with Crippen LogP contribution in [0.5, 0.6) is 0 Å². The molecule has 4 aliphatic rings. The summed E-state index contributed by atoms with van der Waals surface area (Å²) >= 11 is 0. The molecule has 5 heterocycles. The summed E-state index contributed by atoms with van der Waals surface area (Å²) in [5.74, 6) is 0.303. The maximum absolute atomic E-state index is 15.9. The third-order valence-electron chi connectivity index (χ3n) is 9.18. The van der Waals surface area contributed by atoms with Crippen LogP contribution in [0.15, 0.2) is 42.8 Å². The van der Waals surface area contributed by atoms with E-state index in [9.17, 15) is 4.79 Å². The van der Waals surface area contributed by atoms with Crippen LogP contribution in [0.1, 0.15) is 39.2 Å². The normalized spacial score (nSPS) is 28.6. The van der Waals surface area contributed by atoms with Crippen LogP contribution >= 0.6 is 0 Å². The number of alkyl halides is 1. The van der Waals surface area contributed by atoms with Gasteiger partial charge < -0.3 is 24.2 Å². The van der Waals surface area contributed by atoms with Crippen molar-refractivity contribution in [2.24, 2.45) is 11.3 Å². The van der Waals surface area contributed by atoms with Crippen LogP contribution in [0.3, 0.4) is 0 Å². The topological polar surface area (TPSA) is 62.5 Å². The van der Waals surface area contributed by atoms with Gasteiger partial charge in [-0.2, -0.15) is 5.10 Å². The zero-order valence-corrected chi connectivity index (χ0v) is 23.3. The molecule has 2 aromatic heterocycles. The molecule has 0 bridgehead atoms. The van der Waals surface area contributed by atoms with Gasteiger partial charge in [-0.05, 0) is 62.9 Å². The second-order valence-corrected chi connectivity index (χ2v) is 11.9. The number of amides is 1. The molecule has 1 amide bonds. The predicted molar refractivity (Wildman–Crippen MR) is 150 cm³/mol. The average Bonchev–Trinajstić information content (AvgIpc) is 3.37. The smallest absolute Gasteiger partial charge is 0.410 e. The number of anilines is 1. The molecule has 2 aromatic rings. The Labute approximate surface area is 230 Å². The Morgan fingerprint density at radius 3 is 2.69 bits per heavy atom. The number of piperazine rings is 1. The monoisotopic (exact) mass is 537 g/mol. The maximum Gasteiger partial charge on any atom is 0.410 e. The lowest BCUT2D eigenvalue weighted by atomic mass is 9.67. The Hall–Kier alpha value is -2.91. The van der Waals surface area contributed by atoms with E-state index in [-0.39, 0.29) is 12.2 Å². The number of piperidine rings is 1. The van der Waals surface area contributed by atoms with Gasteiger partial charge in [-0.25, -0.2) is 13.7 Å². The number of carbonyl (C=O) groups excluding carboxylic acids is 1. The lowest BCUT2D eigenvalue weighted by Gasteiger charge is -2.45. The fourth-order valence-corrected chi connectivity index (χ4v) is 6.35. The maximum atomic E-state index is 15.9. The van der Waals surface area contributed by atoms with Crippen molar-refractivity contribution in [3.63, 3.8) is 0 Å². The Balaban J connectivity index is 1.16. The molecule has 2 unspecified atom stereocenters. The molecule has 3 atom stereocenters. The van der Waals surface area contributed by atoms with Crippen molar-refractivity contribution in [3.8, 4) is 0 Å². The summed E-state index contributed by atoms with van der Waals surface area (Å²) in [6.45, 7) is 12.2. The molecule has 0 aromatic carbocycles. The molecule has 6 rings (SSSR count). The summed E-state index contributed by atoms with van der Waals surface area (Å²) in [5.41, 5.74) is 3.42. The van der Waals surface area contributed by atoms with E-state index < -0.39 is 11.6 Å². The largest absolute Gasteiger partial charge is 0.441 e. The van der Waals surface area contributed by atoms with Gasteiger partial charge in [-0.1, -0.05) is 19.1 Å². The fourth-order valence-electron chi connectivity index (χ4n) is 6.35. The number of hydrogen-bond acceptors (Lipinski definition) is 6. The Kier molecular flexibility index (Phi) is 7.14. The van der Waals surface area contributed by atoms with E-state index in [1.54, 1.807) is 17.2 Å². The Morgan fingerprint density at radius 2 is 2.00 bits per heavy atom. The van der Waals surface area contributed by atoms with Gasteiger partial charge in [-0.15, -0.1) is 0 Å². The highest BCUT2D eigenvalue weighted by molar-refractivity contribution is 5.83. The van der Waals surface area contributed by atoms with E-state index >= 15 is 4.39 Å².